The van der Waals surface area contributed by atoms with Gasteiger partial charge in [-0.25, -0.2) is 4.79 Å². The fourth-order valence-corrected chi connectivity index (χ4v) is 1.84. The van der Waals surface area contributed by atoms with Crippen LogP contribution >= 0.6 is 0 Å². The zero-order chi connectivity index (χ0) is 15.9. The summed E-state index contributed by atoms with van der Waals surface area (Å²) in [5.41, 5.74) is 1.99. The van der Waals surface area contributed by atoms with Gasteiger partial charge in [-0.05, 0) is 31.2 Å². The number of ether oxygens (including phenoxy) is 2. The second-order valence-corrected chi connectivity index (χ2v) is 4.69. The van der Waals surface area contributed by atoms with E-state index in [1.807, 2.05) is 19.1 Å². The molecule has 2 aromatic carbocycles. The Morgan fingerprint density at radius 1 is 1.05 bits per heavy atom. The minimum atomic E-state index is -0.532. The molecule has 1 amide bonds. The SMILES string of the molecule is COc1ccccc1NC(=O)COC(=O)c1ccc(C)cc1. The van der Waals surface area contributed by atoms with Crippen molar-refractivity contribution in [3.63, 3.8) is 0 Å². The lowest BCUT2D eigenvalue weighted by atomic mass is 10.1. The van der Waals surface area contributed by atoms with Crippen molar-refractivity contribution in [3.05, 3.63) is 59.7 Å². The fourth-order valence-electron chi connectivity index (χ4n) is 1.84. The molecule has 0 saturated heterocycles. The van der Waals surface area contributed by atoms with Gasteiger partial charge in [0, 0.05) is 0 Å². The molecular formula is C17H17NO4. The number of anilines is 1. The van der Waals surface area contributed by atoms with Crippen molar-refractivity contribution < 1.29 is 19.1 Å². The van der Waals surface area contributed by atoms with Gasteiger partial charge in [0.05, 0.1) is 18.4 Å². The van der Waals surface area contributed by atoms with Gasteiger partial charge in [0.1, 0.15) is 5.75 Å². The van der Waals surface area contributed by atoms with Gasteiger partial charge >= 0.3 is 5.97 Å². The first kappa shape index (κ1) is 15.6. The fraction of sp³-hybridized carbons (Fsp3) is 0.176. The number of para-hydroxylation sites is 2. The molecule has 0 heterocycles. The molecule has 0 aliphatic rings. The molecule has 22 heavy (non-hydrogen) atoms. The van der Waals surface area contributed by atoms with Crippen LogP contribution < -0.4 is 10.1 Å². The molecule has 114 valence electrons. The van der Waals surface area contributed by atoms with Crippen LogP contribution in [-0.2, 0) is 9.53 Å². The normalized spacial score (nSPS) is 9.91. The Kier molecular flexibility index (Phi) is 5.14. The van der Waals surface area contributed by atoms with Crippen molar-refractivity contribution in [2.75, 3.05) is 19.0 Å². The molecule has 1 N–H and O–H groups in total. The van der Waals surface area contributed by atoms with Crippen LogP contribution in [0.3, 0.4) is 0 Å². The Labute approximate surface area is 128 Å². The van der Waals surface area contributed by atoms with E-state index in [4.69, 9.17) is 9.47 Å². The molecule has 0 aromatic heterocycles. The summed E-state index contributed by atoms with van der Waals surface area (Å²) in [5.74, 6) is -0.416. The maximum atomic E-state index is 11.8. The largest absolute Gasteiger partial charge is 0.495 e. The third-order valence-electron chi connectivity index (χ3n) is 3.00. The molecule has 2 rings (SSSR count). The maximum Gasteiger partial charge on any atom is 0.338 e. The molecule has 0 unspecified atom stereocenters. The van der Waals surface area contributed by atoms with Crippen molar-refractivity contribution in [1.29, 1.82) is 0 Å². The average Bonchev–Trinajstić information content (AvgIpc) is 2.54. The summed E-state index contributed by atoms with van der Waals surface area (Å²) in [5, 5.41) is 2.64. The van der Waals surface area contributed by atoms with Crippen LogP contribution in [0.25, 0.3) is 0 Å². The summed E-state index contributed by atoms with van der Waals surface area (Å²) in [6.45, 7) is 1.57. The Morgan fingerprint density at radius 3 is 2.41 bits per heavy atom. The lowest BCUT2D eigenvalue weighted by molar-refractivity contribution is -0.119. The molecule has 0 saturated carbocycles. The highest BCUT2D eigenvalue weighted by atomic mass is 16.5. The van der Waals surface area contributed by atoms with Crippen LogP contribution in [0.15, 0.2) is 48.5 Å². The summed E-state index contributed by atoms with van der Waals surface area (Å²) in [7, 11) is 1.52. The van der Waals surface area contributed by atoms with Crippen molar-refractivity contribution in [1.82, 2.24) is 0 Å². The number of carbonyl (C=O) groups is 2. The zero-order valence-electron chi connectivity index (χ0n) is 12.5. The van der Waals surface area contributed by atoms with Gasteiger partial charge in [-0.1, -0.05) is 29.8 Å². The predicted octanol–water partition coefficient (Wildman–Crippen LogP) is 2.80. The number of benzene rings is 2. The molecule has 0 aliphatic carbocycles. The number of esters is 1. The van der Waals surface area contributed by atoms with Gasteiger partial charge in [0.2, 0.25) is 0 Å². The number of aryl methyl sites for hydroxylation is 1. The first-order valence-corrected chi connectivity index (χ1v) is 6.77. The second kappa shape index (κ2) is 7.26. The number of rotatable bonds is 5. The minimum Gasteiger partial charge on any atom is -0.495 e. The Bertz CT molecular complexity index is 665. The van der Waals surface area contributed by atoms with E-state index >= 15 is 0 Å². The van der Waals surface area contributed by atoms with E-state index in [9.17, 15) is 9.59 Å². The highest BCUT2D eigenvalue weighted by molar-refractivity contribution is 5.96. The Morgan fingerprint density at radius 2 is 1.73 bits per heavy atom. The van der Waals surface area contributed by atoms with E-state index in [-0.39, 0.29) is 6.61 Å². The van der Waals surface area contributed by atoms with E-state index in [1.54, 1.807) is 36.4 Å². The van der Waals surface area contributed by atoms with Crippen LogP contribution in [0.1, 0.15) is 15.9 Å². The van der Waals surface area contributed by atoms with Gasteiger partial charge in [0.25, 0.3) is 5.91 Å². The Hall–Kier alpha value is -2.82. The zero-order valence-corrected chi connectivity index (χ0v) is 12.5. The summed E-state index contributed by atoms with van der Waals surface area (Å²) >= 11 is 0. The molecule has 0 aliphatic heterocycles. The number of methoxy groups -OCH3 is 1. The van der Waals surface area contributed by atoms with E-state index < -0.39 is 11.9 Å². The molecule has 0 atom stereocenters. The Balaban J connectivity index is 1.90. The predicted molar refractivity (Wildman–Crippen MR) is 83.1 cm³/mol. The molecular weight excluding hydrogens is 282 g/mol. The minimum absolute atomic E-state index is 0.356. The van der Waals surface area contributed by atoms with Gasteiger partial charge in [-0.15, -0.1) is 0 Å². The van der Waals surface area contributed by atoms with Crippen molar-refractivity contribution >= 4 is 17.6 Å². The number of hydrogen-bond donors (Lipinski definition) is 1. The smallest absolute Gasteiger partial charge is 0.338 e. The van der Waals surface area contributed by atoms with Crippen LogP contribution in [0, 0.1) is 6.92 Å². The highest BCUT2D eigenvalue weighted by Crippen LogP contribution is 2.22. The average molecular weight is 299 g/mol. The van der Waals surface area contributed by atoms with Crippen molar-refractivity contribution in [2.45, 2.75) is 6.92 Å². The molecule has 0 bridgehead atoms. The summed E-state index contributed by atoms with van der Waals surface area (Å²) in [4.78, 5) is 23.6. The second-order valence-electron chi connectivity index (χ2n) is 4.69. The first-order valence-electron chi connectivity index (χ1n) is 6.77. The van der Waals surface area contributed by atoms with Crippen LogP contribution in [0.5, 0.6) is 5.75 Å². The van der Waals surface area contributed by atoms with E-state index in [0.29, 0.717) is 17.0 Å². The van der Waals surface area contributed by atoms with E-state index in [2.05, 4.69) is 5.32 Å². The quantitative estimate of drug-likeness (QED) is 0.862. The molecule has 0 fully saturated rings. The third kappa shape index (κ3) is 4.09. The lowest BCUT2D eigenvalue weighted by Gasteiger charge is -2.10. The van der Waals surface area contributed by atoms with Gasteiger partial charge in [-0.2, -0.15) is 0 Å². The summed E-state index contributed by atoms with van der Waals surface area (Å²) in [6, 6.07) is 14.0. The third-order valence-corrected chi connectivity index (χ3v) is 3.00. The highest BCUT2D eigenvalue weighted by Gasteiger charge is 2.11. The van der Waals surface area contributed by atoms with E-state index in [0.717, 1.165) is 5.56 Å². The van der Waals surface area contributed by atoms with Gasteiger partial charge in [0.15, 0.2) is 6.61 Å². The monoisotopic (exact) mass is 299 g/mol. The van der Waals surface area contributed by atoms with Gasteiger partial charge in [-0.3, -0.25) is 4.79 Å². The molecule has 5 heteroatoms. The maximum absolute atomic E-state index is 11.8. The summed E-state index contributed by atoms with van der Waals surface area (Å²) < 4.78 is 10.1. The van der Waals surface area contributed by atoms with Crippen LogP contribution in [0.2, 0.25) is 0 Å². The van der Waals surface area contributed by atoms with E-state index in [1.165, 1.54) is 7.11 Å². The number of nitrogens with one attached hydrogen (secondary N) is 1. The molecule has 0 radical (unpaired) electrons. The van der Waals surface area contributed by atoms with Crippen LogP contribution in [0.4, 0.5) is 5.69 Å². The first-order chi connectivity index (χ1) is 10.6. The number of hydrogen-bond acceptors (Lipinski definition) is 4. The molecule has 0 spiro atoms. The van der Waals surface area contributed by atoms with Crippen molar-refractivity contribution in [2.24, 2.45) is 0 Å². The standard InChI is InChI=1S/C17H17NO4/c1-12-7-9-13(10-8-12)17(20)22-11-16(19)18-14-5-3-4-6-15(14)21-2/h3-10H,11H2,1-2H3,(H,18,19). The topological polar surface area (TPSA) is 64.6 Å². The number of amides is 1. The molecule has 5 nitrogen and oxygen atoms in total. The van der Waals surface area contributed by atoms with Crippen LogP contribution in [-0.4, -0.2) is 25.6 Å². The van der Waals surface area contributed by atoms with Gasteiger partial charge < -0.3 is 14.8 Å². The lowest BCUT2D eigenvalue weighted by Crippen LogP contribution is -2.21. The number of carbonyl (C=O) groups excluding carboxylic acids is 2. The molecule has 2 aromatic rings. The van der Waals surface area contributed by atoms with Crippen molar-refractivity contribution in [3.8, 4) is 5.75 Å². The summed E-state index contributed by atoms with van der Waals surface area (Å²) in [6.07, 6.45) is 0.